The van der Waals surface area contributed by atoms with E-state index in [-0.39, 0.29) is 11.8 Å². The van der Waals surface area contributed by atoms with Gasteiger partial charge in [-0.15, -0.1) is 0 Å². The Morgan fingerprint density at radius 3 is 2.60 bits per heavy atom. The molecule has 4 aromatic rings. The monoisotopic (exact) mass is 332 g/mol. The summed E-state index contributed by atoms with van der Waals surface area (Å²) in [5.41, 5.74) is 4.36. The summed E-state index contributed by atoms with van der Waals surface area (Å²) in [6.45, 7) is 2.70. The van der Waals surface area contributed by atoms with Crippen molar-refractivity contribution >= 4 is 28.0 Å². The van der Waals surface area contributed by atoms with Gasteiger partial charge in [-0.25, -0.2) is 0 Å². The van der Waals surface area contributed by atoms with Gasteiger partial charge >= 0.3 is 0 Å². The number of para-hydroxylation sites is 1. The summed E-state index contributed by atoms with van der Waals surface area (Å²) in [7, 11) is 1.90. The predicted octanol–water partition coefficient (Wildman–Crippen LogP) is 4.46. The predicted molar refractivity (Wildman–Crippen MR) is 99.9 cm³/mol. The Morgan fingerprint density at radius 2 is 1.80 bits per heavy atom. The molecule has 0 saturated heterocycles. The Labute approximate surface area is 146 Å². The number of carbonyl (C=O) groups is 1. The third-order valence-electron chi connectivity index (χ3n) is 4.73. The Kier molecular flexibility index (Phi) is 3.80. The van der Waals surface area contributed by atoms with Crippen molar-refractivity contribution in [3.05, 3.63) is 71.9 Å². The molecular formula is C21H20N2O2. The molecule has 4 nitrogen and oxygen atoms in total. The van der Waals surface area contributed by atoms with Crippen LogP contribution in [-0.4, -0.2) is 17.0 Å². The molecule has 25 heavy (non-hydrogen) atoms. The van der Waals surface area contributed by atoms with Gasteiger partial charge in [-0.1, -0.05) is 49.4 Å². The maximum absolute atomic E-state index is 12.6. The van der Waals surface area contributed by atoms with Crippen LogP contribution in [0.5, 0.6) is 0 Å². The minimum Gasteiger partial charge on any atom is -0.454 e. The van der Waals surface area contributed by atoms with E-state index in [0.717, 1.165) is 22.1 Å². The summed E-state index contributed by atoms with van der Waals surface area (Å²) in [6.07, 6.45) is 0. The van der Waals surface area contributed by atoms with E-state index in [9.17, 15) is 4.79 Å². The molecule has 4 rings (SSSR count). The Bertz CT molecular complexity index is 1040. The van der Waals surface area contributed by atoms with E-state index in [1.54, 1.807) is 0 Å². The highest BCUT2D eigenvalue weighted by atomic mass is 16.3. The number of rotatable bonds is 4. The van der Waals surface area contributed by atoms with Crippen LogP contribution in [0.15, 0.2) is 65.1 Å². The highest BCUT2D eigenvalue weighted by molar-refractivity contribution is 6.07. The van der Waals surface area contributed by atoms with E-state index >= 15 is 0 Å². The molecule has 0 aliphatic heterocycles. The number of nitrogens with one attached hydrogen (secondary N) is 1. The minimum atomic E-state index is -0.0826. The van der Waals surface area contributed by atoms with E-state index in [1.165, 1.54) is 5.56 Å². The van der Waals surface area contributed by atoms with Crippen LogP contribution < -0.4 is 5.32 Å². The van der Waals surface area contributed by atoms with Gasteiger partial charge < -0.3 is 14.3 Å². The van der Waals surface area contributed by atoms with Gasteiger partial charge in [-0.3, -0.25) is 4.79 Å². The zero-order valence-corrected chi connectivity index (χ0v) is 14.3. The third kappa shape index (κ3) is 2.70. The van der Waals surface area contributed by atoms with Crippen molar-refractivity contribution in [2.45, 2.75) is 12.8 Å². The molecule has 2 aromatic heterocycles. The molecular weight excluding hydrogens is 312 g/mol. The van der Waals surface area contributed by atoms with Crippen molar-refractivity contribution in [2.24, 2.45) is 7.05 Å². The number of aromatic nitrogens is 1. The molecule has 126 valence electrons. The number of carbonyl (C=O) groups excluding carboxylic acids is 1. The normalized spacial score (nSPS) is 12.6. The number of hydrogen-bond donors (Lipinski definition) is 1. The lowest BCUT2D eigenvalue weighted by molar-refractivity contribution is 0.0944. The maximum Gasteiger partial charge on any atom is 0.268 e. The van der Waals surface area contributed by atoms with Gasteiger partial charge in [0, 0.05) is 25.0 Å². The van der Waals surface area contributed by atoms with Crippen LogP contribution in [0.25, 0.3) is 22.1 Å². The third-order valence-corrected chi connectivity index (χ3v) is 4.73. The minimum absolute atomic E-state index is 0.0826. The first-order valence-electron chi connectivity index (χ1n) is 8.45. The van der Waals surface area contributed by atoms with Gasteiger partial charge in [0.25, 0.3) is 5.91 Å². The van der Waals surface area contributed by atoms with Gasteiger partial charge in [-0.2, -0.15) is 0 Å². The molecule has 0 spiro atoms. The van der Waals surface area contributed by atoms with E-state index in [1.807, 2.05) is 60.1 Å². The van der Waals surface area contributed by atoms with E-state index in [2.05, 4.69) is 24.4 Å². The van der Waals surface area contributed by atoms with Gasteiger partial charge in [-0.05, 0) is 23.6 Å². The molecule has 0 aliphatic carbocycles. The Morgan fingerprint density at radius 1 is 1.08 bits per heavy atom. The largest absolute Gasteiger partial charge is 0.454 e. The van der Waals surface area contributed by atoms with Crippen LogP contribution in [0.3, 0.4) is 0 Å². The highest BCUT2D eigenvalue weighted by Gasteiger charge is 2.18. The summed E-state index contributed by atoms with van der Waals surface area (Å²) in [4.78, 5) is 12.6. The summed E-state index contributed by atoms with van der Waals surface area (Å²) < 4.78 is 7.76. The Balaban J connectivity index is 1.57. The quantitative estimate of drug-likeness (QED) is 0.600. The first-order valence-corrected chi connectivity index (χ1v) is 8.45. The van der Waals surface area contributed by atoms with Crippen molar-refractivity contribution in [1.82, 2.24) is 9.88 Å². The van der Waals surface area contributed by atoms with Crippen molar-refractivity contribution in [2.75, 3.05) is 6.54 Å². The van der Waals surface area contributed by atoms with Gasteiger partial charge in [0.2, 0.25) is 0 Å². The molecule has 4 heteroatoms. The lowest BCUT2D eigenvalue weighted by Crippen LogP contribution is -2.29. The van der Waals surface area contributed by atoms with Crippen LogP contribution in [-0.2, 0) is 7.05 Å². The number of benzene rings is 2. The number of amides is 1. The van der Waals surface area contributed by atoms with Crippen molar-refractivity contribution in [1.29, 1.82) is 0 Å². The van der Waals surface area contributed by atoms with Crippen molar-refractivity contribution in [3.63, 3.8) is 0 Å². The van der Waals surface area contributed by atoms with Gasteiger partial charge in [0.1, 0.15) is 11.3 Å². The molecule has 0 fully saturated rings. The summed E-state index contributed by atoms with van der Waals surface area (Å²) >= 11 is 0. The fourth-order valence-electron chi connectivity index (χ4n) is 3.29. The van der Waals surface area contributed by atoms with Crippen molar-refractivity contribution < 1.29 is 9.21 Å². The molecule has 0 radical (unpaired) electrons. The average Bonchev–Trinajstić information content (AvgIpc) is 3.17. The highest BCUT2D eigenvalue weighted by Crippen LogP contribution is 2.30. The number of fused-ring (bicyclic) bond motifs is 3. The van der Waals surface area contributed by atoms with Crippen molar-refractivity contribution in [3.8, 4) is 0 Å². The number of furan rings is 1. The lowest BCUT2D eigenvalue weighted by atomic mass is 10.0. The molecule has 1 N–H and O–H groups in total. The second-order valence-electron chi connectivity index (χ2n) is 6.42. The second-order valence-corrected chi connectivity index (χ2v) is 6.42. The number of aryl methyl sites for hydroxylation is 1. The summed E-state index contributed by atoms with van der Waals surface area (Å²) in [5, 5.41) is 4.06. The molecule has 0 unspecified atom stereocenters. The van der Waals surface area contributed by atoms with Gasteiger partial charge in [0.15, 0.2) is 5.58 Å². The topological polar surface area (TPSA) is 47.2 Å². The second kappa shape index (κ2) is 6.13. The maximum atomic E-state index is 12.6. The SMILES string of the molecule is C[C@@H](CNC(=O)c1cc2oc3ccccc3c2n1C)c1ccccc1. The first-order chi connectivity index (χ1) is 12.1. The van der Waals surface area contributed by atoms with E-state index < -0.39 is 0 Å². The fourth-order valence-corrected chi connectivity index (χ4v) is 3.29. The molecule has 0 aliphatic rings. The van der Waals surface area contributed by atoms with E-state index in [4.69, 9.17) is 4.42 Å². The molecule has 0 bridgehead atoms. The zero-order valence-electron chi connectivity index (χ0n) is 14.3. The molecule has 0 saturated carbocycles. The summed E-state index contributed by atoms with van der Waals surface area (Å²) in [5.74, 6) is 0.176. The number of nitrogens with zero attached hydrogens (tertiary/aromatic N) is 1. The lowest BCUT2D eigenvalue weighted by Gasteiger charge is -2.13. The smallest absolute Gasteiger partial charge is 0.268 e. The van der Waals surface area contributed by atoms with Crippen LogP contribution in [0, 0.1) is 0 Å². The molecule has 1 amide bonds. The van der Waals surface area contributed by atoms with E-state index in [0.29, 0.717) is 12.2 Å². The Hall–Kier alpha value is -3.01. The zero-order chi connectivity index (χ0) is 17.4. The standard InChI is InChI=1S/C21H20N2O2/c1-14(15-8-4-3-5-9-15)13-22-21(24)17-12-19-20(23(17)2)16-10-6-7-11-18(16)25-19/h3-12,14H,13H2,1-2H3,(H,22,24)/t14-/m0/s1. The average molecular weight is 332 g/mol. The molecule has 2 heterocycles. The fraction of sp³-hybridized carbons (Fsp3) is 0.190. The van der Waals surface area contributed by atoms with Crippen LogP contribution in [0.2, 0.25) is 0 Å². The van der Waals surface area contributed by atoms with Gasteiger partial charge in [0.05, 0.1) is 5.52 Å². The first kappa shape index (κ1) is 15.5. The van der Waals surface area contributed by atoms with Crippen LogP contribution in [0.4, 0.5) is 0 Å². The summed E-state index contributed by atoms with van der Waals surface area (Å²) in [6, 6.07) is 19.9. The van der Waals surface area contributed by atoms with Crippen LogP contribution in [0.1, 0.15) is 28.9 Å². The molecule has 2 aromatic carbocycles. The number of hydrogen-bond acceptors (Lipinski definition) is 2. The molecule has 1 atom stereocenters. The van der Waals surface area contributed by atoms with Crippen LogP contribution >= 0.6 is 0 Å².